The minimum atomic E-state index is -4.08. The highest BCUT2D eigenvalue weighted by molar-refractivity contribution is 7.94. The summed E-state index contributed by atoms with van der Waals surface area (Å²) >= 11 is 1.40. The summed E-state index contributed by atoms with van der Waals surface area (Å²) in [4.78, 5) is 0. The number of alkyl halides is 3. The number of hydrogen-bond acceptors (Lipinski definition) is 4. The highest BCUT2D eigenvalue weighted by Gasteiger charge is 2.42. The van der Waals surface area contributed by atoms with Gasteiger partial charge in [-0.3, -0.25) is 4.21 Å². The van der Waals surface area contributed by atoms with Crippen molar-refractivity contribution in [1.29, 1.82) is 0 Å². The lowest BCUT2D eigenvalue weighted by Gasteiger charge is -2.36. The second-order valence-corrected chi connectivity index (χ2v) is 7.52. The molecule has 0 bridgehead atoms. The summed E-state index contributed by atoms with van der Waals surface area (Å²) in [5, 5.41) is 0. The highest BCUT2D eigenvalue weighted by atomic mass is 32.2. The van der Waals surface area contributed by atoms with Crippen LogP contribution in [0, 0.1) is 5.92 Å². The van der Waals surface area contributed by atoms with Crippen LogP contribution in [0.5, 0.6) is 0 Å². The zero-order valence-corrected chi connectivity index (χ0v) is 11.6. The smallest absolute Gasteiger partial charge is 0.259 e. The summed E-state index contributed by atoms with van der Waals surface area (Å²) in [5.74, 6) is 0.0604. The SMILES string of the molecule is O=S1CCN(SN2CCCC(C(F)(F)F)C2)CC1. The lowest BCUT2D eigenvalue weighted by Crippen LogP contribution is -2.42. The molecule has 1 unspecified atom stereocenters. The maximum atomic E-state index is 12.7. The van der Waals surface area contributed by atoms with E-state index in [1.54, 1.807) is 4.31 Å². The van der Waals surface area contributed by atoms with Gasteiger partial charge in [0.05, 0.1) is 5.92 Å². The first-order valence-electron chi connectivity index (χ1n) is 6.05. The molecule has 2 rings (SSSR count). The highest BCUT2D eigenvalue weighted by Crippen LogP contribution is 2.35. The fraction of sp³-hybridized carbons (Fsp3) is 1.00. The summed E-state index contributed by atoms with van der Waals surface area (Å²) in [5.41, 5.74) is 0. The Balaban J connectivity index is 1.81. The van der Waals surface area contributed by atoms with Crippen LogP contribution in [0.25, 0.3) is 0 Å². The van der Waals surface area contributed by atoms with Crippen molar-refractivity contribution in [3.05, 3.63) is 0 Å². The van der Waals surface area contributed by atoms with Crippen LogP contribution >= 0.6 is 12.1 Å². The zero-order chi connectivity index (χ0) is 13.2. The van der Waals surface area contributed by atoms with E-state index >= 15 is 0 Å². The minimum absolute atomic E-state index is 0.0771. The monoisotopic (exact) mass is 302 g/mol. The molecule has 2 aliphatic rings. The predicted molar refractivity (Wildman–Crippen MR) is 67.4 cm³/mol. The summed E-state index contributed by atoms with van der Waals surface area (Å²) in [7, 11) is -0.742. The second kappa shape index (κ2) is 6.11. The zero-order valence-electron chi connectivity index (χ0n) is 9.99. The molecule has 3 nitrogen and oxygen atoms in total. The van der Waals surface area contributed by atoms with E-state index in [0.717, 1.165) is 0 Å². The first-order valence-corrected chi connectivity index (χ1v) is 8.26. The van der Waals surface area contributed by atoms with Gasteiger partial charge in [-0.05, 0) is 12.8 Å². The molecule has 2 aliphatic heterocycles. The average Bonchev–Trinajstić information content (AvgIpc) is 2.31. The molecule has 0 N–H and O–H groups in total. The van der Waals surface area contributed by atoms with Crippen LogP contribution in [0.3, 0.4) is 0 Å². The molecule has 0 saturated carbocycles. The van der Waals surface area contributed by atoms with Crippen LogP contribution in [0.4, 0.5) is 13.2 Å². The van der Waals surface area contributed by atoms with E-state index < -0.39 is 22.9 Å². The Hall–Kier alpha value is 0.210. The van der Waals surface area contributed by atoms with Crippen LogP contribution < -0.4 is 0 Å². The van der Waals surface area contributed by atoms with Gasteiger partial charge in [0.1, 0.15) is 0 Å². The molecule has 2 fully saturated rings. The summed E-state index contributed by atoms with van der Waals surface area (Å²) in [6, 6.07) is 0. The van der Waals surface area contributed by atoms with E-state index in [1.807, 2.05) is 4.31 Å². The van der Waals surface area contributed by atoms with Crippen molar-refractivity contribution in [1.82, 2.24) is 8.61 Å². The van der Waals surface area contributed by atoms with E-state index in [0.29, 0.717) is 37.6 Å². The average molecular weight is 302 g/mol. The van der Waals surface area contributed by atoms with Crippen molar-refractivity contribution in [3.63, 3.8) is 0 Å². The summed E-state index contributed by atoms with van der Waals surface area (Å²) < 4.78 is 53.0. The quantitative estimate of drug-likeness (QED) is 0.727. The van der Waals surface area contributed by atoms with E-state index in [1.165, 1.54) is 12.1 Å². The summed E-state index contributed by atoms with van der Waals surface area (Å²) in [6.45, 7) is 2.18. The lowest BCUT2D eigenvalue weighted by atomic mass is 9.99. The van der Waals surface area contributed by atoms with Crippen molar-refractivity contribution in [2.75, 3.05) is 37.7 Å². The third-order valence-electron chi connectivity index (χ3n) is 3.21. The third kappa shape index (κ3) is 4.11. The molecule has 2 heterocycles. The molecule has 0 aromatic carbocycles. The van der Waals surface area contributed by atoms with Gasteiger partial charge in [-0.2, -0.15) is 13.2 Å². The molecular weight excluding hydrogens is 285 g/mol. The largest absolute Gasteiger partial charge is 0.393 e. The third-order valence-corrected chi connectivity index (χ3v) is 5.65. The van der Waals surface area contributed by atoms with Crippen LogP contribution in [-0.4, -0.2) is 56.7 Å². The van der Waals surface area contributed by atoms with E-state index in [9.17, 15) is 17.4 Å². The Morgan fingerprint density at radius 1 is 1.11 bits per heavy atom. The van der Waals surface area contributed by atoms with Crippen molar-refractivity contribution in [3.8, 4) is 0 Å². The minimum Gasteiger partial charge on any atom is -0.259 e. The van der Waals surface area contributed by atoms with Crippen molar-refractivity contribution in [2.24, 2.45) is 5.92 Å². The molecule has 0 amide bonds. The molecule has 1 atom stereocenters. The standard InChI is InChI=1S/C10H17F3N2OS2/c11-10(12,13)9-2-1-3-15(8-9)17-14-4-6-18(16)7-5-14/h9H,1-8H2. The van der Waals surface area contributed by atoms with Crippen molar-refractivity contribution < 1.29 is 17.4 Å². The van der Waals surface area contributed by atoms with Crippen LogP contribution in [0.2, 0.25) is 0 Å². The number of halogens is 3. The van der Waals surface area contributed by atoms with Gasteiger partial charge >= 0.3 is 6.18 Å². The fourth-order valence-electron chi connectivity index (χ4n) is 2.15. The molecule has 0 radical (unpaired) electrons. The first-order chi connectivity index (χ1) is 8.45. The number of rotatable bonds is 2. The molecule has 0 aliphatic carbocycles. The Bertz CT molecular complexity index is 304. The predicted octanol–water partition coefficient (Wildman–Crippen LogP) is 1.89. The normalized spacial score (nSPS) is 29.6. The molecule has 2 saturated heterocycles. The van der Waals surface area contributed by atoms with E-state index in [2.05, 4.69) is 0 Å². The Morgan fingerprint density at radius 2 is 1.78 bits per heavy atom. The first kappa shape index (κ1) is 14.6. The van der Waals surface area contributed by atoms with Crippen LogP contribution in [-0.2, 0) is 10.8 Å². The van der Waals surface area contributed by atoms with Crippen molar-refractivity contribution >= 4 is 22.9 Å². The van der Waals surface area contributed by atoms with Gasteiger partial charge in [0.2, 0.25) is 0 Å². The van der Waals surface area contributed by atoms with Gasteiger partial charge in [0.15, 0.2) is 0 Å². The molecule has 0 spiro atoms. The van der Waals surface area contributed by atoms with Gasteiger partial charge in [-0.25, -0.2) is 8.61 Å². The molecule has 18 heavy (non-hydrogen) atoms. The van der Waals surface area contributed by atoms with Crippen LogP contribution in [0.1, 0.15) is 12.8 Å². The van der Waals surface area contributed by atoms with Gasteiger partial charge in [0, 0.05) is 60.6 Å². The van der Waals surface area contributed by atoms with Gasteiger partial charge in [-0.15, -0.1) is 0 Å². The van der Waals surface area contributed by atoms with Gasteiger partial charge in [-0.1, -0.05) is 0 Å². The van der Waals surface area contributed by atoms with Crippen molar-refractivity contribution in [2.45, 2.75) is 19.0 Å². The van der Waals surface area contributed by atoms with Crippen LogP contribution in [0.15, 0.2) is 0 Å². The van der Waals surface area contributed by atoms with E-state index in [4.69, 9.17) is 0 Å². The summed E-state index contributed by atoms with van der Waals surface area (Å²) in [6.07, 6.45) is -3.25. The molecule has 8 heteroatoms. The fourth-order valence-corrected chi connectivity index (χ4v) is 4.56. The Labute approximate surface area is 112 Å². The van der Waals surface area contributed by atoms with Gasteiger partial charge < -0.3 is 0 Å². The topological polar surface area (TPSA) is 23.6 Å². The lowest BCUT2D eigenvalue weighted by molar-refractivity contribution is -0.182. The molecule has 106 valence electrons. The van der Waals surface area contributed by atoms with E-state index in [-0.39, 0.29) is 13.0 Å². The Kier molecular flexibility index (Phi) is 4.96. The number of nitrogens with zero attached hydrogens (tertiary/aromatic N) is 2. The number of hydrogen-bond donors (Lipinski definition) is 0. The maximum absolute atomic E-state index is 12.7. The molecular formula is C10H17F3N2OS2. The number of piperidine rings is 1. The second-order valence-electron chi connectivity index (χ2n) is 4.63. The Morgan fingerprint density at radius 3 is 2.39 bits per heavy atom. The van der Waals surface area contributed by atoms with Gasteiger partial charge in [0.25, 0.3) is 0 Å². The maximum Gasteiger partial charge on any atom is 0.393 e. The molecule has 0 aromatic rings. The molecule has 0 aromatic heterocycles.